The molecule has 1 saturated heterocycles. The minimum Gasteiger partial charge on any atom is -0.466 e. The molecule has 19 heavy (non-hydrogen) atoms. The topological polar surface area (TPSA) is 55.8 Å². The Hall–Kier alpha value is -1.52. The van der Waals surface area contributed by atoms with Crippen molar-refractivity contribution in [3.8, 4) is 0 Å². The van der Waals surface area contributed by atoms with E-state index in [0.717, 1.165) is 12.0 Å². The van der Waals surface area contributed by atoms with Gasteiger partial charge >= 0.3 is 12.1 Å². The smallest absolute Gasteiger partial charge is 0.410 e. The van der Waals surface area contributed by atoms with E-state index < -0.39 is 5.60 Å². The maximum Gasteiger partial charge on any atom is 0.410 e. The molecule has 1 amide bonds. The monoisotopic (exact) mass is 269 g/mol. The number of esters is 1. The largest absolute Gasteiger partial charge is 0.466 e. The molecule has 5 nitrogen and oxygen atoms in total. The summed E-state index contributed by atoms with van der Waals surface area (Å²) < 4.78 is 10.0. The Kier molecular flexibility index (Phi) is 4.97. The quantitative estimate of drug-likeness (QED) is 0.571. The summed E-state index contributed by atoms with van der Waals surface area (Å²) in [7, 11) is 1.35. The molecule has 5 heteroatoms. The average molecular weight is 269 g/mol. The Labute approximate surface area is 114 Å². The molecule has 1 unspecified atom stereocenters. The van der Waals surface area contributed by atoms with Crippen LogP contribution in [0.3, 0.4) is 0 Å². The number of carbonyl (C=O) groups excluding carboxylic acids is 2. The highest BCUT2D eigenvalue weighted by Crippen LogP contribution is 2.27. The molecule has 1 fully saturated rings. The Morgan fingerprint density at radius 3 is 2.53 bits per heavy atom. The van der Waals surface area contributed by atoms with Gasteiger partial charge in [0.05, 0.1) is 13.2 Å². The van der Waals surface area contributed by atoms with Crippen molar-refractivity contribution in [2.45, 2.75) is 52.2 Å². The highest BCUT2D eigenvalue weighted by Gasteiger charge is 2.34. The lowest BCUT2D eigenvalue weighted by molar-refractivity contribution is -0.134. The molecule has 0 aromatic heterocycles. The lowest BCUT2D eigenvalue weighted by Gasteiger charge is -2.28. The zero-order valence-electron chi connectivity index (χ0n) is 12.4. The third-order valence-corrected chi connectivity index (χ3v) is 2.96. The van der Waals surface area contributed by atoms with E-state index >= 15 is 0 Å². The van der Waals surface area contributed by atoms with E-state index in [0.29, 0.717) is 13.0 Å². The maximum absolute atomic E-state index is 12.1. The van der Waals surface area contributed by atoms with Crippen molar-refractivity contribution in [3.05, 3.63) is 11.6 Å². The van der Waals surface area contributed by atoms with Crippen molar-refractivity contribution in [3.63, 3.8) is 0 Å². The zero-order chi connectivity index (χ0) is 14.6. The molecule has 1 atom stereocenters. The van der Waals surface area contributed by atoms with E-state index in [1.165, 1.54) is 13.2 Å². The minimum absolute atomic E-state index is 0.0750. The van der Waals surface area contributed by atoms with Gasteiger partial charge in [-0.2, -0.15) is 0 Å². The molecular weight excluding hydrogens is 246 g/mol. The first-order valence-electron chi connectivity index (χ1n) is 6.56. The fourth-order valence-electron chi connectivity index (χ4n) is 2.17. The summed E-state index contributed by atoms with van der Waals surface area (Å²) in [6.45, 7) is 8.09. The molecule has 0 bridgehead atoms. The predicted molar refractivity (Wildman–Crippen MR) is 71.7 cm³/mol. The van der Waals surface area contributed by atoms with Crippen molar-refractivity contribution in [1.82, 2.24) is 4.90 Å². The number of rotatable bonds is 2. The van der Waals surface area contributed by atoms with Crippen LogP contribution in [0, 0.1) is 0 Å². The number of carbonyl (C=O) groups is 2. The van der Waals surface area contributed by atoms with Crippen LogP contribution in [0.5, 0.6) is 0 Å². The Balaban J connectivity index is 2.80. The molecule has 1 heterocycles. The molecule has 1 aliphatic heterocycles. The lowest BCUT2D eigenvalue weighted by Crippen LogP contribution is -2.40. The number of amides is 1. The molecule has 0 aromatic carbocycles. The average Bonchev–Trinajstić information content (AvgIpc) is 2.69. The van der Waals surface area contributed by atoms with Gasteiger partial charge in [-0.15, -0.1) is 0 Å². The van der Waals surface area contributed by atoms with E-state index in [1.54, 1.807) is 4.90 Å². The molecular formula is C14H23NO4. The third-order valence-electron chi connectivity index (χ3n) is 2.96. The summed E-state index contributed by atoms with van der Waals surface area (Å²) in [6, 6.07) is -0.0750. The first-order chi connectivity index (χ1) is 8.78. The van der Waals surface area contributed by atoms with Crippen LogP contribution in [-0.2, 0) is 14.3 Å². The van der Waals surface area contributed by atoms with E-state index in [2.05, 4.69) is 4.74 Å². The van der Waals surface area contributed by atoms with Crippen LogP contribution in [-0.4, -0.2) is 42.3 Å². The van der Waals surface area contributed by atoms with Crippen molar-refractivity contribution in [2.24, 2.45) is 0 Å². The van der Waals surface area contributed by atoms with Crippen molar-refractivity contribution in [1.29, 1.82) is 0 Å². The molecule has 108 valence electrons. The zero-order valence-corrected chi connectivity index (χ0v) is 12.4. The van der Waals surface area contributed by atoms with Crippen LogP contribution >= 0.6 is 0 Å². The molecule has 0 spiro atoms. The molecule has 0 N–H and O–H groups in total. The summed E-state index contributed by atoms with van der Waals surface area (Å²) in [5.74, 6) is -0.375. The fraction of sp³-hybridized carbons (Fsp3) is 0.714. The maximum atomic E-state index is 12.1. The second-order valence-electron chi connectivity index (χ2n) is 5.59. The van der Waals surface area contributed by atoms with Gasteiger partial charge in [0.25, 0.3) is 0 Å². The van der Waals surface area contributed by atoms with Gasteiger partial charge in [0.2, 0.25) is 0 Å². The first kappa shape index (κ1) is 15.5. The second-order valence-corrected chi connectivity index (χ2v) is 5.59. The van der Waals surface area contributed by atoms with E-state index in [4.69, 9.17) is 4.74 Å². The highest BCUT2D eigenvalue weighted by molar-refractivity contribution is 5.83. The summed E-state index contributed by atoms with van der Waals surface area (Å²) in [6.07, 6.45) is 2.60. The number of ether oxygens (including phenoxy) is 2. The van der Waals surface area contributed by atoms with Crippen molar-refractivity contribution >= 4 is 12.1 Å². The van der Waals surface area contributed by atoms with Gasteiger partial charge in [-0.05, 0) is 39.2 Å². The molecule has 1 rings (SSSR count). The summed E-state index contributed by atoms with van der Waals surface area (Å²) >= 11 is 0. The second kappa shape index (κ2) is 6.08. The van der Waals surface area contributed by atoms with Crippen LogP contribution in [0.1, 0.15) is 40.5 Å². The molecule has 1 aliphatic rings. The van der Waals surface area contributed by atoms with Crippen LogP contribution < -0.4 is 0 Å². The van der Waals surface area contributed by atoms with Crippen LogP contribution in [0.2, 0.25) is 0 Å². The lowest BCUT2D eigenvalue weighted by atomic mass is 10.1. The number of nitrogens with zero attached hydrogens (tertiary/aromatic N) is 1. The van der Waals surface area contributed by atoms with Gasteiger partial charge in [-0.1, -0.05) is 6.92 Å². The molecule has 0 radical (unpaired) electrons. The molecule has 0 aliphatic carbocycles. The number of methoxy groups -OCH3 is 1. The number of hydrogen-bond acceptors (Lipinski definition) is 4. The van der Waals surface area contributed by atoms with Crippen LogP contribution in [0.25, 0.3) is 0 Å². The normalized spacial score (nSPS) is 21.6. The number of likely N-dealkylation sites (tertiary alicyclic amines) is 1. The van der Waals surface area contributed by atoms with Gasteiger partial charge in [0.1, 0.15) is 5.60 Å². The third kappa shape index (κ3) is 4.26. The van der Waals surface area contributed by atoms with Crippen LogP contribution in [0.4, 0.5) is 4.79 Å². The summed E-state index contributed by atoms with van der Waals surface area (Å²) in [5.41, 5.74) is 0.421. The fourth-order valence-corrected chi connectivity index (χ4v) is 2.17. The Bertz CT molecular complexity index is 381. The predicted octanol–water partition coefficient (Wildman–Crippen LogP) is 2.51. The van der Waals surface area contributed by atoms with Gasteiger partial charge in [-0.3, -0.25) is 0 Å². The molecule has 0 saturated carbocycles. The summed E-state index contributed by atoms with van der Waals surface area (Å²) in [4.78, 5) is 25.1. The van der Waals surface area contributed by atoms with E-state index in [1.807, 2.05) is 27.7 Å². The van der Waals surface area contributed by atoms with Gasteiger partial charge in [0.15, 0.2) is 0 Å². The van der Waals surface area contributed by atoms with E-state index in [-0.39, 0.29) is 18.1 Å². The van der Waals surface area contributed by atoms with Gasteiger partial charge < -0.3 is 14.4 Å². The molecule has 0 aromatic rings. The standard InChI is InChI=1S/C14H23NO4/c1-6-11-10(9-12(16)18-5)7-8-15(11)13(17)19-14(2,3)4/h9,11H,6-8H2,1-5H3/b10-9+. The van der Waals surface area contributed by atoms with Gasteiger partial charge in [-0.25, -0.2) is 9.59 Å². The highest BCUT2D eigenvalue weighted by atomic mass is 16.6. The van der Waals surface area contributed by atoms with E-state index in [9.17, 15) is 9.59 Å². The van der Waals surface area contributed by atoms with Gasteiger partial charge in [0, 0.05) is 12.6 Å². The van der Waals surface area contributed by atoms with Crippen LogP contribution in [0.15, 0.2) is 11.6 Å². The number of hydrogen-bond donors (Lipinski definition) is 0. The minimum atomic E-state index is -0.510. The van der Waals surface area contributed by atoms with Crippen molar-refractivity contribution in [2.75, 3.05) is 13.7 Å². The van der Waals surface area contributed by atoms with Crippen molar-refractivity contribution < 1.29 is 19.1 Å². The first-order valence-corrected chi connectivity index (χ1v) is 6.56. The Morgan fingerprint density at radius 1 is 1.42 bits per heavy atom. The summed E-state index contributed by atoms with van der Waals surface area (Å²) in [5, 5.41) is 0. The SMILES string of the molecule is CCC1/C(=C/C(=O)OC)CCN1C(=O)OC(C)(C)C. The Morgan fingerprint density at radius 2 is 2.05 bits per heavy atom.